The number of rotatable bonds is 7. The molecular formula is C11H19N3S2. The first-order valence-corrected chi connectivity index (χ1v) is 6.74. The van der Waals surface area contributed by atoms with E-state index in [1.165, 1.54) is 4.88 Å². The maximum atomic E-state index is 5.54. The van der Waals surface area contributed by atoms with Crippen LogP contribution in [0.5, 0.6) is 0 Å². The van der Waals surface area contributed by atoms with Crippen LogP contribution in [-0.4, -0.2) is 28.0 Å². The normalized spacial score (nSPS) is 11.2. The largest absolute Gasteiger partial charge is 0.393 e. The van der Waals surface area contributed by atoms with E-state index in [1.807, 2.05) is 11.7 Å². The van der Waals surface area contributed by atoms with Crippen LogP contribution in [0.25, 0.3) is 0 Å². The monoisotopic (exact) mass is 257 g/mol. The Hall–Kier alpha value is -0.520. The molecule has 0 saturated heterocycles. The summed E-state index contributed by atoms with van der Waals surface area (Å²) in [5.41, 5.74) is 7.41. The van der Waals surface area contributed by atoms with Crippen molar-refractivity contribution in [3.05, 3.63) is 16.6 Å². The Morgan fingerprint density at radius 1 is 1.62 bits per heavy atom. The van der Waals surface area contributed by atoms with E-state index in [1.54, 1.807) is 11.3 Å². The lowest BCUT2D eigenvalue weighted by atomic mass is 10.2. The summed E-state index contributed by atoms with van der Waals surface area (Å²) in [6, 6.07) is 0. The van der Waals surface area contributed by atoms with E-state index in [4.69, 9.17) is 18.0 Å². The van der Waals surface area contributed by atoms with E-state index in [9.17, 15) is 0 Å². The van der Waals surface area contributed by atoms with Crippen LogP contribution in [0.4, 0.5) is 0 Å². The summed E-state index contributed by atoms with van der Waals surface area (Å²) >= 11 is 6.61. The molecule has 0 aromatic carbocycles. The molecular weight excluding hydrogens is 238 g/mol. The lowest BCUT2D eigenvalue weighted by molar-refractivity contribution is 0.244. The molecule has 1 heterocycles. The number of nitrogens with zero attached hydrogens (tertiary/aromatic N) is 2. The third kappa shape index (κ3) is 5.53. The fourth-order valence-electron chi connectivity index (χ4n) is 1.56. The van der Waals surface area contributed by atoms with Crippen molar-refractivity contribution >= 4 is 28.5 Å². The van der Waals surface area contributed by atoms with Gasteiger partial charge >= 0.3 is 0 Å². The quantitative estimate of drug-likeness (QED) is 0.761. The summed E-state index contributed by atoms with van der Waals surface area (Å²) in [5.74, 6) is 0.652. The average molecular weight is 257 g/mol. The number of aromatic nitrogens is 1. The van der Waals surface area contributed by atoms with Gasteiger partial charge in [-0.15, -0.1) is 11.3 Å². The van der Waals surface area contributed by atoms with Crippen molar-refractivity contribution in [2.24, 2.45) is 11.7 Å². The molecule has 5 heteroatoms. The highest BCUT2D eigenvalue weighted by atomic mass is 32.1. The number of hydrogen-bond donors (Lipinski definition) is 1. The Labute approximate surface area is 107 Å². The summed E-state index contributed by atoms with van der Waals surface area (Å²) in [6.07, 6.45) is 2.72. The topological polar surface area (TPSA) is 42.1 Å². The molecule has 90 valence electrons. The number of hydrogen-bond acceptors (Lipinski definition) is 4. The van der Waals surface area contributed by atoms with E-state index >= 15 is 0 Å². The molecule has 0 atom stereocenters. The minimum Gasteiger partial charge on any atom is -0.393 e. The highest BCUT2D eigenvalue weighted by Gasteiger charge is 2.09. The average Bonchev–Trinajstić information content (AvgIpc) is 2.66. The molecule has 16 heavy (non-hydrogen) atoms. The van der Waals surface area contributed by atoms with Crippen molar-refractivity contribution in [3.63, 3.8) is 0 Å². The third-order valence-corrected chi connectivity index (χ3v) is 3.13. The van der Waals surface area contributed by atoms with Gasteiger partial charge in [-0.3, -0.25) is 9.88 Å². The number of thiocarbonyl (C=S) groups is 1. The van der Waals surface area contributed by atoms with Crippen LogP contribution in [0, 0.1) is 5.92 Å². The number of nitrogens with two attached hydrogens (primary N) is 1. The van der Waals surface area contributed by atoms with Crippen molar-refractivity contribution in [1.29, 1.82) is 0 Å². The minimum absolute atomic E-state index is 0.595. The molecule has 0 aliphatic rings. The van der Waals surface area contributed by atoms with Gasteiger partial charge in [0.1, 0.15) is 0 Å². The van der Waals surface area contributed by atoms with Gasteiger partial charge in [0.05, 0.1) is 10.5 Å². The summed E-state index contributed by atoms with van der Waals surface area (Å²) in [6.45, 7) is 7.40. The maximum absolute atomic E-state index is 5.54. The first-order chi connectivity index (χ1) is 7.58. The molecule has 0 unspecified atom stereocenters. The van der Waals surface area contributed by atoms with Crippen molar-refractivity contribution in [2.75, 3.05) is 13.1 Å². The minimum atomic E-state index is 0.595. The molecule has 2 N–H and O–H groups in total. The molecule has 0 amide bonds. The van der Waals surface area contributed by atoms with E-state index < -0.39 is 0 Å². The highest BCUT2D eigenvalue weighted by molar-refractivity contribution is 7.80. The molecule has 0 aliphatic heterocycles. The Balaban J connectivity index is 2.46. The Morgan fingerprint density at radius 2 is 2.38 bits per heavy atom. The summed E-state index contributed by atoms with van der Waals surface area (Å²) in [7, 11) is 0. The molecule has 0 saturated carbocycles. The van der Waals surface area contributed by atoms with E-state index in [2.05, 4.69) is 23.7 Å². The van der Waals surface area contributed by atoms with Crippen molar-refractivity contribution in [1.82, 2.24) is 9.88 Å². The Bertz CT molecular complexity index is 309. The first kappa shape index (κ1) is 13.5. The van der Waals surface area contributed by atoms with E-state index in [-0.39, 0.29) is 0 Å². The Morgan fingerprint density at radius 3 is 2.88 bits per heavy atom. The van der Waals surface area contributed by atoms with Gasteiger partial charge in [-0.1, -0.05) is 26.1 Å². The van der Waals surface area contributed by atoms with Crippen LogP contribution in [0.2, 0.25) is 0 Å². The van der Waals surface area contributed by atoms with Gasteiger partial charge in [-0.25, -0.2) is 0 Å². The smallest absolute Gasteiger partial charge is 0.0794 e. The van der Waals surface area contributed by atoms with Gasteiger partial charge < -0.3 is 5.73 Å². The second kappa shape index (κ2) is 6.93. The molecule has 1 rings (SSSR count). The van der Waals surface area contributed by atoms with E-state index in [0.717, 1.165) is 26.1 Å². The lowest BCUT2D eigenvalue weighted by Crippen LogP contribution is -2.30. The fourth-order valence-corrected chi connectivity index (χ4v) is 2.29. The van der Waals surface area contributed by atoms with Crippen LogP contribution in [-0.2, 0) is 6.54 Å². The molecule has 3 nitrogen and oxygen atoms in total. The van der Waals surface area contributed by atoms with Crippen LogP contribution in [0.15, 0.2) is 11.7 Å². The fraction of sp³-hybridized carbons (Fsp3) is 0.636. The van der Waals surface area contributed by atoms with Crippen LogP contribution >= 0.6 is 23.6 Å². The Kier molecular flexibility index (Phi) is 5.87. The van der Waals surface area contributed by atoms with Crippen molar-refractivity contribution < 1.29 is 0 Å². The molecule has 0 spiro atoms. The van der Waals surface area contributed by atoms with Gasteiger partial charge in [-0.2, -0.15) is 0 Å². The second-order valence-electron chi connectivity index (χ2n) is 4.31. The zero-order valence-corrected chi connectivity index (χ0v) is 11.5. The molecule has 0 bridgehead atoms. The summed E-state index contributed by atoms with van der Waals surface area (Å²) in [5, 5.41) is 0. The molecule has 0 fully saturated rings. The van der Waals surface area contributed by atoms with Gasteiger partial charge in [0.2, 0.25) is 0 Å². The predicted molar refractivity (Wildman–Crippen MR) is 73.6 cm³/mol. The third-order valence-electron chi connectivity index (χ3n) is 2.16. The predicted octanol–water partition coefficient (Wildman–Crippen LogP) is 2.28. The van der Waals surface area contributed by atoms with E-state index in [0.29, 0.717) is 10.9 Å². The van der Waals surface area contributed by atoms with Crippen LogP contribution < -0.4 is 5.73 Å². The number of thiazole rings is 1. The lowest BCUT2D eigenvalue weighted by Gasteiger charge is -2.23. The molecule has 0 aliphatic carbocycles. The molecule has 1 aromatic rings. The summed E-state index contributed by atoms with van der Waals surface area (Å²) in [4.78, 5) is 8.37. The standard InChI is InChI=1S/C11H19N3S2/c1-9(2)6-14(4-3-11(12)15)7-10-5-13-8-16-10/h5,8-9H,3-4,6-7H2,1-2H3,(H2,12,15). The van der Waals surface area contributed by atoms with Crippen molar-refractivity contribution in [2.45, 2.75) is 26.8 Å². The molecule has 1 aromatic heterocycles. The van der Waals surface area contributed by atoms with Gasteiger partial charge in [0.25, 0.3) is 0 Å². The SMILES string of the molecule is CC(C)CN(CCC(N)=S)Cc1cncs1. The van der Waals surface area contributed by atoms with Gasteiger partial charge in [0.15, 0.2) is 0 Å². The van der Waals surface area contributed by atoms with Crippen LogP contribution in [0.3, 0.4) is 0 Å². The zero-order chi connectivity index (χ0) is 12.0. The maximum Gasteiger partial charge on any atom is 0.0794 e. The first-order valence-electron chi connectivity index (χ1n) is 5.46. The zero-order valence-electron chi connectivity index (χ0n) is 9.85. The van der Waals surface area contributed by atoms with Crippen molar-refractivity contribution in [3.8, 4) is 0 Å². The molecule has 0 radical (unpaired) electrons. The van der Waals surface area contributed by atoms with Gasteiger partial charge in [0, 0.05) is 37.1 Å². The summed E-state index contributed by atoms with van der Waals surface area (Å²) < 4.78 is 0. The second-order valence-corrected chi connectivity index (χ2v) is 5.81. The van der Waals surface area contributed by atoms with Crippen LogP contribution in [0.1, 0.15) is 25.1 Å². The highest BCUT2D eigenvalue weighted by Crippen LogP contribution is 2.11. The van der Waals surface area contributed by atoms with Gasteiger partial charge in [-0.05, 0) is 5.92 Å².